The van der Waals surface area contributed by atoms with Gasteiger partial charge < -0.3 is 9.94 Å². The van der Waals surface area contributed by atoms with Gasteiger partial charge in [0.25, 0.3) is 0 Å². The molecule has 1 aromatic heterocycles. The van der Waals surface area contributed by atoms with Gasteiger partial charge in [0.1, 0.15) is 12.8 Å². The van der Waals surface area contributed by atoms with Crippen LogP contribution in [-0.2, 0) is 9.63 Å². The zero-order chi connectivity index (χ0) is 8.97. The third-order valence-corrected chi connectivity index (χ3v) is 1.55. The lowest BCUT2D eigenvalue weighted by Crippen LogP contribution is -2.15. The lowest BCUT2D eigenvalue weighted by atomic mass is 10.3. The van der Waals surface area contributed by atoms with Gasteiger partial charge in [0.2, 0.25) is 5.71 Å². The van der Waals surface area contributed by atoms with Gasteiger partial charge in [-0.15, -0.1) is 11.3 Å². The molecule has 1 rings (SSSR count). The van der Waals surface area contributed by atoms with E-state index in [4.69, 9.17) is 5.11 Å². The number of carbonyl (C=O) groups is 1. The minimum Gasteiger partial charge on any atom is -0.476 e. The van der Waals surface area contributed by atoms with E-state index in [-0.39, 0.29) is 11.4 Å². The maximum Gasteiger partial charge on any atom is 0.360 e. The molecule has 1 heterocycles. The summed E-state index contributed by atoms with van der Waals surface area (Å²) in [6, 6.07) is 0. The van der Waals surface area contributed by atoms with Crippen molar-refractivity contribution in [3.8, 4) is 0 Å². The zero-order valence-electron chi connectivity index (χ0n) is 6.14. The molecule has 0 aliphatic carbocycles. The zero-order valence-corrected chi connectivity index (χ0v) is 6.96. The number of hydrogen-bond acceptors (Lipinski definition) is 5. The highest BCUT2D eigenvalue weighted by Crippen LogP contribution is 2.02. The standard InChI is InChI=1S/C6H5N2O3S/c1-11-8-5(6(9)10)4-2-12-3-7-4/h2H,1H3,(H,9,10). The fourth-order valence-electron chi connectivity index (χ4n) is 0.579. The van der Waals surface area contributed by atoms with Crippen LogP contribution in [0.15, 0.2) is 10.5 Å². The lowest BCUT2D eigenvalue weighted by molar-refractivity contribution is -0.129. The topological polar surface area (TPSA) is 71.8 Å². The lowest BCUT2D eigenvalue weighted by Gasteiger charge is -1.93. The molecule has 6 heteroatoms. The highest BCUT2D eigenvalue weighted by Gasteiger charge is 2.15. The number of aromatic nitrogens is 1. The van der Waals surface area contributed by atoms with Crippen LogP contribution in [0.1, 0.15) is 5.69 Å². The van der Waals surface area contributed by atoms with Crippen molar-refractivity contribution in [1.82, 2.24) is 4.98 Å². The Morgan fingerprint density at radius 1 is 1.92 bits per heavy atom. The number of carboxylic acid groups (broad SMARTS) is 1. The molecule has 1 aromatic rings. The molecular weight excluding hydrogens is 180 g/mol. The van der Waals surface area contributed by atoms with Crippen molar-refractivity contribution in [1.29, 1.82) is 0 Å². The first kappa shape index (κ1) is 8.66. The summed E-state index contributed by atoms with van der Waals surface area (Å²) in [6.07, 6.45) is 0. The smallest absolute Gasteiger partial charge is 0.360 e. The molecule has 0 atom stereocenters. The van der Waals surface area contributed by atoms with Crippen molar-refractivity contribution in [3.63, 3.8) is 0 Å². The van der Waals surface area contributed by atoms with Crippen LogP contribution in [-0.4, -0.2) is 28.9 Å². The SMILES string of the molecule is CON=C(C(=O)O)c1cs[c]n1. The minimum atomic E-state index is -1.17. The van der Waals surface area contributed by atoms with E-state index in [1.807, 2.05) is 0 Å². The van der Waals surface area contributed by atoms with Crippen LogP contribution in [0, 0.1) is 5.51 Å². The molecule has 0 aliphatic rings. The largest absolute Gasteiger partial charge is 0.476 e. The third kappa shape index (κ3) is 1.79. The van der Waals surface area contributed by atoms with Crippen molar-refractivity contribution in [2.75, 3.05) is 7.11 Å². The highest BCUT2D eigenvalue weighted by atomic mass is 32.1. The first-order valence-electron chi connectivity index (χ1n) is 2.92. The first-order valence-corrected chi connectivity index (χ1v) is 3.80. The van der Waals surface area contributed by atoms with Gasteiger partial charge >= 0.3 is 5.97 Å². The van der Waals surface area contributed by atoms with Gasteiger partial charge in [-0.1, -0.05) is 5.16 Å². The van der Waals surface area contributed by atoms with E-state index in [1.165, 1.54) is 23.8 Å². The van der Waals surface area contributed by atoms with E-state index in [1.54, 1.807) is 0 Å². The Balaban J connectivity index is 2.96. The van der Waals surface area contributed by atoms with Gasteiger partial charge in [-0.05, 0) is 0 Å². The average Bonchev–Trinajstić information content (AvgIpc) is 2.51. The number of aliphatic carboxylic acids is 1. The van der Waals surface area contributed by atoms with Crippen LogP contribution in [0.2, 0.25) is 0 Å². The number of carboxylic acids is 1. The summed E-state index contributed by atoms with van der Waals surface area (Å²) < 4.78 is 0. The summed E-state index contributed by atoms with van der Waals surface area (Å²) in [5.41, 5.74) is 2.56. The van der Waals surface area contributed by atoms with E-state index in [0.717, 1.165) is 0 Å². The summed E-state index contributed by atoms with van der Waals surface area (Å²) in [7, 11) is 1.28. The van der Waals surface area contributed by atoms with Gasteiger partial charge in [-0.25, -0.2) is 9.78 Å². The van der Waals surface area contributed by atoms with E-state index >= 15 is 0 Å². The third-order valence-electron chi connectivity index (χ3n) is 1.02. The Morgan fingerprint density at radius 2 is 2.67 bits per heavy atom. The predicted octanol–water partition coefficient (Wildman–Crippen LogP) is 0.378. The highest BCUT2D eigenvalue weighted by molar-refractivity contribution is 7.07. The monoisotopic (exact) mass is 185 g/mol. The van der Waals surface area contributed by atoms with Crippen LogP contribution < -0.4 is 0 Å². The Bertz CT molecular complexity index is 294. The van der Waals surface area contributed by atoms with Crippen molar-refractivity contribution >= 4 is 23.0 Å². The summed E-state index contributed by atoms with van der Waals surface area (Å²) in [6.45, 7) is 0. The molecule has 63 valence electrons. The Morgan fingerprint density at radius 3 is 3.08 bits per heavy atom. The molecule has 0 saturated heterocycles. The fourth-order valence-corrected chi connectivity index (χ4v) is 1.06. The quantitative estimate of drug-likeness (QED) is 0.545. The Labute approximate surface area is 72.3 Å². The molecule has 1 radical (unpaired) electrons. The maximum absolute atomic E-state index is 10.5. The number of thiazole rings is 1. The normalized spacial score (nSPS) is 11.2. The predicted molar refractivity (Wildman–Crippen MR) is 42.1 cm³/mol. The summed E-state index contributed by atoms with van der Waals surface area (Å²) in [5, 5.41) is 13.5. The van der Waals surface area contributed by atoms with Crippen LogP contribution in [0.4, 0.5) is 0 Å². The molecule has 12 heavy (non-hydrogen) atoms. The Hall–Kier alpha value is -1.43. The minimum absolute atomic E-state index is 0.213. The van der Waals surface area contributed by atoms with E-state index < -0.39 is 5.97 Å². The first-order chi connectivity index (χ1) is 5.75. The Kier molecular flexibility index (Phi) is 2.76. The summed E-state index contributed by atoms with van der Waals surface area (Å²) in [4.78, 5) is 18.5. The van der Waals surface area contributed by atoms with Crippen molar-refractivity contribution in [2.24, 2.45) is 5.16 Å². The van der Waals surface area contributed by atoms with Gasteiger partial charge in [-0.3, -0.25) is 0 Å². The van der Waals surface area contributed by atoms with Crippen molar-refractivity contribution in [3.05, 3.63) is 16.6 Å². The second kappa shape index (κ2) is 3.82. The molecule has 0 amide bonds. The number of oxime groups is 1. The van der Waals surface area contributed by atoms with Crippen LogP contribution in [0.25, 0.3) is 0 Å². The van der Waals surface area contributed by atoms with E-state index in [0.29, 0.717) is 0 Å². The van der Waals surface area contributed by atoms with Gasteiger partial charge in [0, 0.05) is 5.38 Å². The van der Waals surface area contributed by atoms with E-state index in [2.05, 4.69) is 20.5 Å². The fraction of sp³-hybridized carbons (Fsp3) is 0.167. The van der Waals surface area contributed by atoms with Gasteiger partial charge in [0.05, 0.1) is 0 Å². The maximum atomic E-state index is 10.5. The second-order valence-corrected chi connectivity index (χ2v) is 2.41. The molecule has 0 saturated carbocycles. The van der Waals surface area contributed by atoms with Crippen molar-refractivity contribution < 1.29 is 14.7 Å². The molecule has 0 aliphatic heterocycles. The average molecular weight is 185 g/mol. The molecule has 0 aromatic carbocycles. The summed E-state index contributed by atoms with van der Waals surface area (Å²) in [5.74, 6) is -1.17. The molecular formula is C6H5N2O3S. The van der Waals surface area contributed by atoms with Crippen LogP contribution in [0.3, 0.4) is 0 Å². The molecule has 1 N–H and O–H groups in total. The van der Waals surface area contributed by atoms with Gasteiger partial charge in [-0.2, -0.15) is 0 Å². The van der Waals surface area contributed by atoms with Crippen molar-refractivity contribution in [2.45, 2.75) is 0 Å². The second-order valence-electron chi connectivity index (χ2n) is 1.75. The molecule has 5 nitrogen and oxygen atoms in total. The van der Waals surface area contributed by atoms with E-state index in [9.17, 15) is 4.79 Å². The number of nitrogens with zero attached hydrogens (tertiary/aromatic N) is 2. The molecule has 0 unspecified atom stereocenters. The number of hydrogen-bond donors (Lipinski definition) is 1. The summed E-state index contributed by atoms with van der Waals surface area (Å²) >= 11 is 1.18. The van der Waals surface area contributed by atoms with Gasteiger partial charge in [0.15, 0.2) is 5.51 Å². The van der Waals surface area contributed by atoms with Crippen LogP contribution in [0.5, 0.6) is 0 Å². The molecule has 0 bridgehead atoms. The molecule has 0 fully saturated rings. The molecule has 0 spiro atoms. The number of rotatable bonds is 3. The van der Waals surface area contributed by atoms with Crippen LogP contribution >= 0.6 is 11.3 Å².